The predicted molar refractivity (Wildman–Crippen MR) is 168 cm³/mol. The maximum absolute atomic E-state index is 14.3. The lowest BCUT2D eigenvalue weighted by Gasteiger charge is -2.30. The molecule has 1 aliphatic carbocycles. The Hall–Kier alpha value is -5.16. The second-order valence-corrected chi connectivity index (χ2v) is 12.7. The van der Waals surface area contributed by atoms with E-state index in [9.17, 15) is 32.8 Å². The predicted octanol–water partition coefficient (Wildman–Crippen LogP) is 3.78. The molecule has 246 valence electrons. The lowest BCUT2D eigenvalue weighted by Crippen LogP contribution is -2.58. The summed E-state index contributed by atoms with van der Waals surface area (Å²) in [6.07, 6.45) is -1.11. The lowest BCUT2D eigenvalue weighted by molar-refractivity contribution is -0.869. The Balaban J connectivity index is 1.64. The maximum Gasteiger partial charge on any atom is 0.416 e. The number of nitriles is 1. The minimum absolute atomic E-state index is 0.0744. The molecular formula is C33H36F3N8O3+. The number of nitrogens with zero attached hydrogens (tertiary/aromatic N) is 6. The molecule has 0 saturated heterocycles. The lowest BCUT2D eigenvalue weighted by atomic mass is 9.95. The molecule has 2 N–H and O–H groups in total. The standard InChI is InChI=1S/C33H35F3N8O3/c1-41-28(26-14-17-39-42(26)24-12-10-22(21-37)11-13-24)27(30(46)43(41)25-9-7-8-23(20-25)33(34,35)36)29(45)40-32(15-5-6-16-32)31(47)38-18-19-44(2,3)4/h7-14,17,20H,5-6,15-16,18-19H2,1-4H3,(H-,38,40,45,47)/p+1. The van der Waals surface area contributed by atoms with Gasteiger partial charge in [-0.25, -0.2) is 9.36 Å². The molecule has 11 nitrogen and oxygen atoms in total. The van der Waals surface area contributed by atoms with Gasteiger partial charge < -0.3 is 15.1 Å². The van der Waals surface area contributed by atoms with Crippen LogP contribution in [-0.4, -0.2) is 75.2 Å². The molecule has 0 atom stereocenters. The van der Waals surface area contributed by atoms with Crippen molar-refractivity contribution in [3.8, 4) is 28.8 Å². The summed E-state index contributed by atoms with van der Waals surface area (Å²) >= 11 is 0. The highest BCUT2D eigenvalue weighted by atomic mass is 19.4. The fourth-order valence-electron chi connectivity index (χ4n) is 5.91. The van der Waals surface area contributed by atoms with Gasteiger partial charge >= 0.3 is 6.18 Å². The van der Waals surface area contributed by atoms with Crippen LogP contribution >= 0.6 is 0 Å². The van der Waals surface area contributed by atoms with E-state index in [0.29, 0.717) is 54.5 Å². The second-order valence-electron chi connectivity index (χ2n) is 12.7. The molecule has 1 fully saturated rings. The number of quaternary nitrogens is 1. The molecule has 0 radical (unpaired) electrons. The fraction of sp³-hybridized carbons (Fsp3) is 0.364. The third-order valence-electron chi connectivity index (χ3n) is 8.35. The molecule has 2 amide bonds. The van der Waals surface area contributed by atoms with E-state index in [0.717, 1.165) is 16.8 Å². The van der Waals surface area contributed by atoms with Crippen LogP contribution in [0.1, 0.15) is 47.2 Å². The Kier molecular flexibility index (Phi) is 8.87. The maximum atomic E-state index is 14.3. The highest BCUT2D eigenvalue weighted by molar-refractivity contribution is 6.03. The van der Waals surface area contributed by atoms with Crippen molar-refractivity contribution in [1.82, 2.24) is 29.8 Å². The number of hydrogen-bond acceptors (Lipinski definition) is 5. The van der Waals surface area contributed by atoms with E-state index in [1.54, 1.807) is 30.3 Å². The van der Waals surface area contributed by atoms with Gasteiger partial charge in [-0.1, -0.05) is 18.9 Å². The normalized spacial score (nSPS) is 14.5. The van der Waals surface area contributed by atoms with Crippen molar-refractivity contribution in [3.05, 3.63) is 87.8 Å². The van der Waals surface area contributed by atoms with Crippen LogP contribution < -0.4 is 16.2 Å². The molecule has 47 heavy (non-hydrogen) atoms. The quantitative estimate of drug-likeness (QED) is 0.267. The first-order chi connectivity index (χ1) is 22.1. The first kappa shape index (κ1) is 33.2. The Morgan fingerprint density at radius 1 is 1.04 bits per heavy atom. The molecule has 0 unspecified atom stereocenters. The number of carbonyl (C=O) groups excluding carboxylic acids is 2. The summed E-state index contributed by atoms with van der Waals surface area (Å²) in [5, 5.41) is 19.4. The van der Waals surface area contributed by atoms with Crippen LogP contribution in [0.15, 0.2) is 65.6 Å². The molecule has 0 aliphatic heterocycles. The topological polar surface area (TPSA) is 127 Å². The Labute approximate surface area is 269 Å². The van der Waals surface area contributed by atoms with E-state index in [4.69, 9.17) is 0 Å². The van der Waals surface area contributed by atoms with Crippen molar-refractivity contribution in [2.75, 3.05) is 34.2 Å². The van der Waals surface area contributed by atoms with Gasteiger partial charge in [-0.3, -0.25) is 19.1 Å². The van der Waals surface area contributed by atoms with Crippen LogP contribution in [0, 0.1) is 11.3 Å². The zero-order valence-electron chi connectivity index (χ0n) is 26.6. The molecule has 14 heteroatoms. The van der Waals surface area contributed by atoms with Crippen LogP contribution in [0.5, 0.6) is 0 Å². The molecule has 1 aliphatic rings. The average molecular weight is 650 g/mol. The van der Waals surface area contributed by atoms with Gasteiger partial charge in [0.2, 0.25) is 5.91 Å². The third-order valence-corrected chi connectivity index (χ3v) is 8.35. The minimum Gasteiger partial charge on any atom is -0.348 e. The number of nitrogens with one attached hydrogen (secondary N) is 2. The van der Waals surface area contributed by atoms with Gasteiger partial charge in [-0.15, -0.1) is 0 Å². The van der Waals surface area contributed by atoms with Gasteiger partial charge in [0, 0.05) is 7.05 Å². The number of amides is 2. The number of benzene rings is 2. The number of likely N-dealkylation sites (N-methyl/N-ethyl adjacent to an activating group) is 1. The van der Waals surface area contributed by atoms with Crippen molar-refractivity contribution in [1.29, 1.82) is 5.26 Å². The molecule has 0 bridgehead atoms. The van der Waals surface area contributed by atoms with Crippen molar-refractivity contribution < 1.29 is 27.2 Å². The van der Waals surface area contributed by atoms with E-state index in [1.165, 1.54) is 34.7 Å². The summed E-state index contributed by atoms with van der Waals surface area (Å²) in [7, 11) is 7.45. The fourth-order valence-corrected chi connectivity index (χ4v) is 5.91. The first-order valence-corrected chi connectivity index (χ1v) is 15.1. The van der Waals surface area contributed by atoms with E-state index in [2.05, 4.69) is 15.7 Å². The van der Waals surface area contributed by atoms with Crippen LogP contribution in [0.2, 0.25) is 0 Å². The summed E-state index contributed by atoms with van der Waals surface area (Å²) in [5.74, 6) is -1.18. The van der Waals surface area contributed by atoms with E-state index in [-0.39, 0.29) is 28.5 Å². The number of rotatable bonds is 9. The number of halogens is 3. The summed E-state index contributed by atoms with van der Waals surface area (Å²) in [6, 6.07) is 14.3. The summed E-state index contributed by atoms with van der Waals surface area (Å²) in [5.41, 5.74) is -2.28. The van der Waals surface area contributed by atoms with Crippen molar-refractivity contribution in [3.63, 3.8) is 0 Å². The smallest absolute Gasteiger partial charge is 0.348 e. The molecule has 5 rings (SSSR count). The molecule has 2 aromatic heterocycles. The largest absolute Gasteiger partial charge is 0.416 e. The second kappa shape index (κ2) is 12.6. The number of hydrogen-bond donors (Lipinski definition) is 2. The van der Waals surface area contributed by atoms with Gasteiger partial charge in [0.25, 0.3) is 11.5 Å². The summed E-state index contributed by atoms with van der Waals surface area (Å²) in [4.78, 5) is 42.0. The van der Waals surface area contributed by atoms with E-state index in [1.807, 2.05) is 27.2 Å². The van der Waals surface area contributed by atoms with Gasteiger partial charge in [0.1, 0.15) is 16.8 Å². The number of alkyl halides is 3. The van der Waals surface area contributed by atoms with Crippen LogP contribution in [0.3, 0.4) is 0 Å². The van der Waals surface area contributed by atoms with Gasteiger partial charge in [-0.05, 0) is 61.4 Å². The van der Waals surface area contributed by atoms with Crippen molar-refractivity contribution in [2.45, 2.75) is 37.4 Å². The highest BCUT2D eigenvalue weighted by Gasteiger charge is 2.44. The van der Waals surface area contributed by atoms with Crippen molar-refractivity contribution >= 4 is 11.8 Å². The molecule has 2 aromatic carbocycles. The molecule has 4 aromatic rings. The zero-order valence-corrected chi connectivity index (χ0v) is 26.6. The average Bonchev–Trinajstić information content (AvgIpc) is 3.74. The van der Waals surface area contributed by atoms with Crippen LogP contribution in [0.25, 0.3) is 22.8 Å². The third kappa shape index (κ3) is 6.71. The van der Waals surface area contributed by atoms with E-state index >= 15 is 0 Å². The summed E-state index contributed by atoms with van der Waals surface area (Å²) in [6.45, 7) is 1.03. The van der Waals surface area contributed by atoms with Gasteiger partial charge in [-0.2, -0.15) is 23.5 Å². The summed E-state index contributed by atoms with van der Waals surface area (Å²) < 4.78 is 45.5. The number of carbonyl (C=O) groups is 2. The molecule has 1 saturated carbocycles. The number of aromatic nitrogens is 4. The Morgan fingerprint density at radius 3 is 2.34 bits per heavy atom. The minimum atomic E-state index is -4.67. The Morgan fingerprint density at radius 2 is 1.72 bits per heavy atom. The van der Waals surface area contributed by atoms with Crippen LogP contribution in [0.4, 0.5) is 13.2 Å². The highest BCUT2D eigenvalue weighted by Crippen LogP contribution is 2.33. The SMILES string of the molecule is Cn1c(-c2ccnn2-c2ccc(C#N)cc2)c(C(=O)NC2(C(=O)NCC[N+](C)(C)C)CCCC2)c(=O)n1-c1cccc(C(F)(F)F)c1. The molecule has 2 heterocycles. The van der Waals surface area contributed by atoms with E-state index < -0.39 is 28.7 Å². The zero-order chi connectivity index (χ0) is 34.1. The monoisotopic (exact) mass is 649 g/mol. The van der Waals surface area contributed by atoms with Gasteiger partial charge in [0.15, 0.2) is 0 Å². The first-order valence-electron chi connectivity index (χ1n) is 15.1. The van der Waals surface area contributed by atoms with Crippen molar-refractivity contribution in [2.24, 2.45) is 7.05 Å². The Bertz CT molecular complexity index is 1900. The molecular weight excluding hydrogens is 613 g/mol. The van der Waals surface area contributed by atoms with Crippen LogP contribution in [-0.2, 0) is 18.0 Å². The molecule has 0 spiro atoms. The van der Waals surface area contributed by atoms with Gasteiger partial charge in [0.05, 0.1) is 74.7 Å².